The number of hydrogen-bond donors (Lipinski definition) is 2. The highest BCUT2D eigenvalue weighted by atomic mass is 19.4. The van der Waals surface area contributed by atoms with Gasteiger partial charge in [-0.05, 0) is 42.5 Å². The van der Waals surface area contributed by atoms with E-state index in [1.807, 2.05) is 18.2 Å². The molecule has 0 aliphatic carbocycles. The zero-order valence-electron chi connectivity index (χ0n) is 34.0. The number of hydrogen-bond acceptors (Lipinski definition) is 15. The quantitative estimate of drug-likeness (QED) is 0.0428. The SMILES string of the molecule is Nc1ccccc1OCCOCCOCCOCCOCCOCCOCCOCCOCCOCCOCCOC(=O)c1ccccc1Nc1cccc(C(F)(F)F)c1. The van der Waals surface area contributed by atoms with Crippen LogP contribution in [0.1, 0.15) is 15.9 Å². The van der Waals surface area contributed by atoms with Gasteiger partial charge in [-0.15, -0.1) is 0 Å². The van der Waals surface area contributed by atoms with Crippen molar-refractivity contribution in [1.29, 1.82) is 0 Å². The predicted octanol–water partition coefficient (Wildman–Crippen LogP) is 5.43. The van der Waals surface area contributed by atoms with Crippen molar-refractivity contribution in [2.24, 2.45) is 0 Å². The van der Waals surface area contributed by atoms with E-state index in [4.69, 9.17) is 62.6 Å². The van der Waals surface area contributed by atoms with Crippen LogP contribution >= 0.6 is 0 Å². The molecule has 0 bridgehead atoms. The molecule has 3 rings (SSSR count). The smallest absolute Gasteiger partial charge is 0.416 e. The number of anilines is 3. The molecule has 0 saturated carbocycles. The molecule has 0 aliphatic heterocycles. The fraction of sp³-hybridized carbons (Fsp3) is 0.548. The summed E-state index contributed by atoms with van der Waals surface area (Å²) in [5.74, 6) is 0.0220. The molecule has 18 heteroatoms. The van der Waals surface area contributed by atoms with Gasteiger partial charge in [-0.25, -0.2) is 4.79 Å². The topological polar surface area (TPSA) is 166 Å². The Balaban J connectivity index is 0.975. The van der Waals surface area contributed by atoms with E-state index in [9.17, 15) is 18.0 Å². The number of ether oxygens (including phenoxy) is 12. The van der Waals surface area contributed by atoms with Gasteiger partial charge in [0.05, 0.1) is 155 Å². The minimum absolute atomic E-state index is 0.00601. The summed E-state index contributed by atoms with van der Waals surface area (Å²) in [6, 6.07) is 18.5. The Kier molecular flexibility index (Phi) is 27.4. The molecule has 0 unspecified atom stereocenters. The van der Waals surface area contributed by atoms with Gasteiger partial charge < -0.3 is 67.9 Å². The van der Waals surface area contributed by atoms with Gasteiger partial charge in [0.2, 0.25) is 0 Å². The average molecular weight is 857 g/mol. The number of halogens is 3. The predicted molar refractivity (Wildman–Crippen MR) is 216 cm³/mol. The Morgan fingerprint density at radius 2 is 0.883 bits per heavy atom. The lowest BCUT2D eigenvalue weighted by Crippen LogP contribution is -2.16. The Labute approximate surface area is 349 Å². The summed E-state index contributed by atoms with van der Waals surface area (Å²) in [5.41, 5.74) is 6.32. The summed E-state index contributed by atoms with van der Waals surface area (Å²) in [6.45, 7) is 8.87. The second kappa shape index (κ2) is 32.7. The third-order valence-electron chi connectivity index (χ3n) is 7.83. The van der Waals surface area contributed by atoms with Crippen LogP contribution < -0.4 is 15.8 Å². The lowest BCUT2D eigenvalue weighted by Gasteiger charge is -2.13. The number of nitrogens with one attached hydrogen (secondary N) is 1. The summed E-state index contributed by atoms with van der Waals surface area (Å²) >= 11 is 0. The largest absolute Gasteiger partial charge is 0.489 e. The highest BCUT2D eigenvalue weighted by Crippen LogP contribution is 2.32. The van der Waals surface area contributed by atoms with E-state index in [1.165, 1.54) is 18.2 Å². The molecule has 0 saturated heterocycles. The van der Waals surface area contributed by atoms with Crippen molar-refractivity contribution in [3.05, 3.63) is 83.9 Å². The maximum Gasteiger partial charge on any atom is 0.416 e. The second-order valence-electron chi connectivity index (χ2n) is 12.4. The number of carbonyl (C=O) groups excluding carboxylic acids is 1. The number of rotatable bonds is 37. The molecule has 3 N–H and O–H groups in total. The highest BCUT2D eigenvalue weighted by molar-refractivity contribution is 5.96. The Morgan fingerprint density at radius 3 is 1.33 bits per heavy atom. The highest BCUT2D eigenvalue weighted by Gasteiger charge is 2.30. The van der Waals surface area contributed by atoms with Gasteiger partial charge in [-0.1, -0.05) is 30.3 Å². The lowest BCUT2D eigenvalue weighted by molar-refractivity contribution is -0.137. The van der Waals surface area contributed by atoms with E-state index >= 15 is 0 Å². The molecule has 0 spiro atoms. The first-order valence-electron chi connectivity index (χ1n) is 19.8. The first-order valence-corrected chi connectivity index (χ1v) is 19.8. The molecule has 15 nitrogen and oxygen atoms in total. The fourth-order valence-corrected chi connectivity index (χ4v) is 4.87. The normalized spacial score (nSPS) is 11.5. The molecule has 0 heterocycles. The van der Waals surface area contributed by atoms with Crippen molar-refractivity contribution in [3.63, 3.8) is 0 Å². The maximum atomic E-state index is 13.1. The molecule has 60 heavy (non-hydrogen) atoms. The maximum absolute atomic E-state index is 13.1. The number of esters is 1. The van der Waals surface area contributed by atoms with Gasteiger partial charge in [0.15, 0.2) is 0 Å². The van der Waals surface area contributed by atoms with Crippen molar-refractivity contribution >= 4 is 23.0 Å². The van der Waals surface area contributed by atoms with E-state index in [-0.39, 0.29) is 24.5 Å². The zero-order valence-corrected chi connectivity index (χ0v) is 34.0. The van der Waals surface area contributed by atoms with Crippen LogP contribution in [0.25, 0.3) is 0 Å². The number of para-hydroxylation sites is 3. The van der Waals surface area contributed by atoms with E-state index in [1.54, 1.807) is 24.3 Å². The summed E-state index contributed by atoms with van der Waals surface area (Å²) in [4.78, 5) is 12.6. The summed E-state index contributed by atoms with van der Waals surface area (Å²) in [5, 5.41) is 2.86. The van der Waals surface area contributed by atoms with Crippen molar-refractivity contribution in [2.45, 2.75) is 6.18 Å². The molecule has 3 aromatic carbocycles. The van der Waals surface area contributed by atoms with Gasteiger partial charge in [0.1, 0.15) is 19.0 Å². The number of carbonyl (C=O) groups is 1. The molecule has 0 aliphatic rings. The van der Waals surface area contributed by atoms with E-state index in [0.717, 1.165) is 12.1 Å². The zero-order chi connectivity index (χ0) is 42.8. The molecule has 336 valence electrons. The monoisotopic (exact) mass is 856 g/mol. The summed E-state index contributed by atoms with van der Waals surface area (Å²) in [6.07, 6.45) is -4.48. The number of benzene rings is 3. The third-order valence-corrected chi connectivity index (χ3v) is 7.83. The van der Waals surface area contributed by atoms with Crippen LogP contribution in [0, 0.1) is 0 Å². The number of alkyl halides is 3. The molecular weight excluding hydrogens is 797 g/mol. The average Bonchev–Trinajstić information content (AvgIpc) is 3.24. The van der Waals surface area contributed by atoms with E-state index in [0.29, 0.717) is 149 Å². The molecule has 0 atom stereocenters. The van der Waals surface area contributed by atoms with Gasteiger partial charge in [-0.2, -0.15) is 13.2 Å². The van der Waals surface area contributed by atoms with Crippen LogP contribution in [0.2, 0.25) is 0 Å². The Bertz CT molecular complexity index is 1540. The lowest BCUT2D eigenvalue weighted by atomic mass is 10.1. The van der Waals surface area contributed by atoms with Crippen LogP contribution in [-0.2, 0) is 58.3 Å². The standard InChI is InChI=1S/C42H59F3N2O13/c43-42(44,45)35-6-5-7-36(34-35)47-39-10-3-1-8-37(39)41(48)60-33-31-58-29-27-56-25-23-54-21-19-52-17-15-50-13-12-49-14-16-51-18-20-53-22-24-55-26-28-57-30-32-59-40-11-4-2-9-38(40)46/h1-11,34,47H,12-33,46H2. The van der Waals surface area contributed by atoms with Crippen LogP contribution in [0.3, 0.4) is 0 Å². The van der Waals surface area contributed by atoms with Crippen molar-refractivity contribution in [3.8, 4) is 5.75 Å². The van der Waals surface area contributed by atoms with Gasteiger partial charge in [0, 0.05) is 5.69 Å². The number of nitrogen functional groups attached to an aromatic ring is 1. The summed E-state index contributed by atoms with van der Waals surface area (Å²) in [7, 11) is 0. The van der Waals surface area contributed by atoms with Crippen molar-refractivity contribution in [1.82, 2.24) is 0 Å². The van der Waals surface area contributed by atoms with Crippen LogP contribution in [0.5, 0.6) is 5.75 Å². The molecule has 0 amide bonds. The first-order chi connectivity index (χ1) is 29.3. The molecular formula is C42H59F3N2O13. The van der Waals surface area contributed by atoms with Crippen molar-refractivity contribution in [2.75, 3.05) is 156 Å². The Hall–Kier alpha value is -4.08. The third kappa shape index (κ3) is 24.2. The number of nitrogens with two attached hydrogens (primary N) is 1. The molecule has 3 aromatic rings. The molecule has 0 fully saturated rings. The van der Waals surface area contributed by atoms with Crippen LogP contribution in [0.4, 0.5) is 30.2 Å². The van der Waals surface area contributed by atoms with Crippen LogP contribution in [-0.4, -0.2) is 151 Å². The summed E-state index contributed by atoms with van der Waals surface area (Å²) < 4.78 is 105. The second-order valence-corrected chi connectivity index (χ2v) is 12.4. The van der Waals surface area contributed by atoms with Gasteiger partial charge in [0.25, 0.3) is 0 Å². The van der Waals surface area contributed by atoms with Crippen LogP contribution in [0.15, 0.2) is 72.8 Å². The van der Waals surface area contributed by atoms with E-state index < -0.39 is 17.7 Å². The molecule has 0 aromatic heterocycles. The Morgan fingerprint density at radius 1 is 0.483 bits per heavy atom. The molecule has 0 radical (unpaired) electrons. The minimum Gasteiger partial charge on any atom is -0.489 e. The van der Waals surface area contributed by atoms with E-state index in [2.05, 4.69) is 5.32 Å². The first kappa shape index (κ1) is 50.3. The fourth-order valence-electron chi connectivity index (χ4n) is 4.87. The van der Waals surface area contributed by atoms with Crippen molar-refractivity contribution < 1.29 is 74.8 Å². The minimum atomic E-state index is -4.48. The van der Waals surface area contributed by atoms with Gasteiger partial charge in [-0.3, -0.25) is 0 Å². The van der Waals surface area contributed by atoms with Gasteiger partial charge >= 0.3 is 12.1 Å².